The molecular weight excluding hydrogens is 360 g/mol. The quantitative estimate of drug-likeness (QED) is 0.651. The number of carbonyl (C=O) groups excluding carboxylic acids is 2. The van der Waals surface area contributed by atoms with Crippen molar-refractivity contribution in [1.82, 2.24) is 20.6 Å². The van der Waals surface area contributed by atoms with Crippen LogP contribution in [0.25, 0.3) is 0 Å². The first-order valence-electron chi connectivity index (χ1n) is 9.29. The van der Waals surface area contributed by atoms with E-state index in [4.69, 9.17) is 4.74 Å². The lowest BCUT2D eigenvalue weighted by Crippen LogP contribution is -2.51. The van der Waals surface area contributed by atoms with E-state index in [2.05, 4.69) is 20.6 Å². The van der Waals surface area contributed by atoms with E-state index in [1.54, 1.807) is 36.5 Å². The molecule has 1 aliphatic heterocycles. The average molecular weight is 384 g/mol. The molecule has 2 aromatic rings. The van der Waals surface area contributed by atoms with Gasteiger partial charge in [0.2, 0.25) is 5.91 Å². The fourth-order valence-corrected chi connectivity index (χ4v) is 3.18. The molecule has 0 unspecified atom stereocenters. The molecule has 1 aromatic heterocycles. The molecule has 8 nitrogen and oxygen atoms in total. The minimum absolute atomic E-state index is 0.146. The molecule has 0 spiro atoms. The average Bonchev–Trinajstić information content (AvgIpc) is 2.74. The maximum absolute atomic E-state index is 12.3. The fraction of sp³-hybridized carbons (Fsp3) is 0.400. The van der Waals surface area contributed by atoms with Crippen LogP contribution in [0.2, 0.25) is 0 Å². The molecule has 28 heavy (non-hydrogen) atoms. The Balaban J connectivity index is 1.47. The number of benzene rings is 1. The largest absolute Gasteiger partial charge is 0.394 e. The van der Waals surface area contributed by atoms with Crippen molar-refractivity contribution in [3.8, 4) is 0 Å². The highest BCUT2D eigenvalue weighted by molar-refractivity contribution is 5.94. The number of ether oxygens (including phenoxy) is 1. The summed E-state index contributed by atoms with van der Waals surface area (Å²) in [6.07, 6.45) is 3.66. The maximum atomic E-state index is 12.3. The Kier molecular flexibility index (Phi) is 7.05. The number of hydrogen-bond donors (Lipinski definition) is 3. The van der Waals surface area contributed by atoms with Gasteiger partial charge in [0.15, 0.2) is 0 Å². The third-order valence-electron chi connectivity index (χ3n) is 4.67. The summed E-state index contributed by atoms with van der Waals surface area (Å²) in [4.78, 5) is 32.4. The lowest BCUT2D eigenvalue weighted by Gasteiger charge is -2.36. The lowest BCUT2D eigenvalue weighted by molar-refractivity contribution is -0.131. The number of aliphatic hydroxyl groups is 1. The van der Waals surface area contributed by atoms with Gasteiger partial charge in [-0.3, -0.25) is 9.59 Å². The summed E-state index contributed by atoms with van der Waals surface area (Å²) < 4.78 is 5.86. The summed E-state index contributed by atoms with van der Waals surface area (Å²) in [6.45, 7) is 0.103. The Morgan fingerprint density at radius 2 is 2.00 bits per heavy atom. The van der Waals surface area contributed by atoms with Gasteiger partial charge in [0, 0.05) is 11.8 Å². The van der Waals surface area contributed by atoms with E-state index in [-0.39, 0.29) is 37.0 Å². The van der Waals surface area contributed by atoms with E-state index >= 15 is 0 Å². The highest BCUT2D eigenvalue weighted by Crippen LogP contribution is 2.22. The molecule has 3 N–H and O–H groups in total. The summed E-state index contributed by atoms with van der Waals surface area (Å²) in [5.41, 5.74) is 1.29. The van der Waals surface area contributed by atoms with Crippen molar-refractivity contribution in [2.45, 2.75) is 44.1 Å². The van der Waals surface area contributed by atoms with Crippen LogP contribution in [0.5, 0.6) is 0 Å². The molecule has 3 rings (SSSR count). The van der Waals surface area contributed by atoms with Crippen LogP contribution in [0.4, 0.5) is 0 Å². The third kappa shape index (κ3) is 5.58. The van der Waals surface area contributed by atoms with Gasteiger partial charge in [-0.15, -0.1) is 0 Å². The van der Waals surface area contributed by atoms with Crippen LogP contribution < -0.4 is 10.6 Å². The van der Waals surface area contributed by atoms with Gasteiger partial charge in [-0.05, 0) is 31.0 Å². The van der Waals surface area contributed by atoms with E-state index in [9.17, 15) is 14.7 Å². The van der Waals surface area contributed by atoms with Crippen molar-refractivity contribution < 1.29 is 19.4 Å². The van der Waals surface area contributed by atoms with Gasteiger partial charge in [0.1, 0.15) is 12.4 Å². The molecule has 148 valence electrons. The number of rotatable bonds is 7. The second-order valence-corrected chi connectivity index (χ2v) is 6.68. The molecule has 2 amide bonds. The molecule has 1 fully saturated rings. The van der Waals surface area contributed by atoms with Gasteiger partial charge in [-0.1, -0.05) is 18.2 Å². The van der Waals surface area contributed by atoms with Crippen LogP contribution in [0.15, 0.2) is 48.9 Å². The van der Waals surface area contributed by atoms with Crippen molar-refractivity contribution in [3.05, 3.63) is 60.2 Å². The predicted molar refractivity (Wildman–Crippen MR) is 101 cm³/mol. The van der Waals surface area contributed by atoms with E-state index in [1.807, 2.05) is 6.07 Å². The van der Waals surface area contributed by atoms with Crippen molar-refractivity contribution in [3.63, 3.8) is 0 Å². The van der Waals surface area contributed by atoms with E-state index < -0.39 is 6.10 Å². The maximum Gasteiger partial charge on any atom is 0.251 e. The lowest BCUT2D eigenvalue weighted by atomic mass is 9.96. The van der Waals surface area contributed by atoms with Crippen LogP contribution in [0.3, 0.4) is 0 Å². The van der Waals surface area contributed by atoms with Gasteiger partial charge in [0.25, 0.3) is 5.91 Å². The van der Waals surface area contributed by atoms with Gasteiger partial charge < -0.3 is 20.5 Å². The van der Waals surface area contributed by atoms with E-state index in [0.29, 0.717) is 24.9 Å². The minimum atomic E-state index is -0.541. The Morgan fingerprint density at radius 1 is 1.18 bits per heavy atom. The molecule has 0 bridgehead atoms. The smallest absolute Gasteiger partial charge is 0.251 e. The molecule has 2 heterocycles. The first kappa shape index (κ1) is 19.9. The molecule has 1 aromatic carbocycles. The SMILES string of the molecule is O=C(C[C@H]1CC[C@@H](NC(=O)c2ccccc2)[C@@H](CO)O1)NCc1ccncn1. The Hall–Kier alpha value is -2.84. The predicted octanol–water partition coefficient (Wildman–Crippen LogP) is 0.821. The molecule has 0 radical (unpaired) electrons. The normalized spacial score (nSPS) is 21.7. The zero-order chi connectivity index (χ0) is 19.8. The highest BCUT2D eigenvalue weighted by atomic mass is 16.5. The summed E-state index contributed by atoms with van der Waals surface area (Å²) in [5, 5.41) is 15.4. The van der Waals surface area contributed by atoms with Crippen molar-refractivity contribution in [2.75, 3.05) is 6.61 Å². The topological polar surface area (TPSA) is 113 Å². The zero-order valence-corrected chi connectivity index (χ0v) is 15.5. The van der Waals surface area contributed by atoms with Gasteiger partial charge in [-0.25, -0.2) is 9.97 Å². The van der Waals surface area contributed by atoms with E-state index in [1.165, 1.54) is 6.33 Å². The summed E-state index contributed by atoms with van der Waals surface area (Å²) >= 11 is 0. The standard InChI is InChI=1S/C20H24N4O4/c25-12-18-17(24-20(27)14-4-2-1-3-5-14)7-6-16(28-18)10-19(26)22-11-15-8-9-21-13-23-15/h1-5,8-9,13,16-18,25H,6-7,10-12H2,(H,22,26)(H,24,27)/t16-,17-,18-/m1/s1. The van der Waals surface area contributed by atoms with Gasteiger partial charge in [0.05, 0.1) is 37.4 Å². The first-order valence-corrected chi connectivity index (χ1v) is 9.29. The number of nitrogens with one attached hydrogen (secondary N) is 2. The number of aromatic nitrogens is 2. The van der Waals surface area contributed by atoms with Crippen molar-refractivity contribution in [1.29, 1.82) is 0 Å². The molecule has 3 atom stereocenters. The number of hydrogen-bond acceptors (Lipinski definition) is 6. The highest BCUT2D eigenvalue weighted by Gasteiger charge is 2.33. The monoisotopic (exact) mass is 384 g/mol. The molecule has 8 heteroatoms. The minimum Gasteiger partial charge on any atom is -0.394 e. The van der Waals surface area contributed by atoms with Crippen molar-refractivity contribution in [2.24, 2.45) is 0 Å². The van der Waals surface area contributed by atoms with Gasteiger partial charge in [-0.2, -0.15) is 0 Å². The second-order valence-electron chi connectivity index (χ2n) is 6.68. The van der Waals surface area contributed by atoms with Crippen LogP contribution in [-0.2, 0) is 16.1 Å². The summed E-state index contributed by atoms with van der Waals surface area (Å²) in [5.74, 6) is -0.347. The fourth-order valence-electron chi connectivity index (χ4n) is 3.18. The second kappa shape index (κ2) is 9.91. The zero-order valence-electron chi connectivity index (χ0n) is 15.5. The molecule has 0 aliphatic carbocycles. The van der Waals surface area contributed by atoms with Crippen LogP contribution >= 0.6 is 0 Å². The van der Waals surface area contributed by atoms with Crippen LogP contribution in [-0.4, -0.2) is 51.7 Å². The summed E-state index contributed by atoms with van der Waals surface area (Å²) in [7, 11) is 0. The number of amides is 2. The van der Waals surface area contributed by atoms with E-state index in [0.717, 1.165) is 5.69 Å². The molecule has 1 saturated heterocycles. The summed E-state index contributed by atoms with van der Waals surface area (Å²) in [6, 6.07) is 10.3. The Labute approximate surface area is 163 Å². The number of nitrogens with zero attached hydrogens (tertiary/aromatic N) is 2. The van der Waals surface area contributed by atoms with Crippen molar-refractivity contribution >= 4 is 11.8 Å². The van der Waals surface area contributed by atoms with Crippen LogP contribution in [0, 0.1) is 0 Å². The number of aliphatic hydroxyl groups excluding tert-OH is 1. The Morgan fingerprint density at radius 3 is 2.71 bits per heavy atom. The van der Waals surface area contributed by atoms with Gasteiger partial charge >= 0.3 is 0 Å². The number of carbonyl (C=O) groups is 2. The third-order valence-corrected chi connectivity index (χ3v) is 4.67. The molecular formula is C20H24N4O4. The molecule has 0 saturated carbocycles. The van der Waals surface area contributed by atoms with Crippen LogP contribution in [0.1, 0.15) is 35.3 Å². The first-order chi connectivity index (χ1) is 13.7. The molecule has 1 aliphatic rings. The Bertz CT molecular complexity index is 772.